The van der Waals surface area contributed by atoms with Crippen molar-refractivity contribution in [3.05, 3.63) is 35.7 Å². The lowest BCUT2D eigenvalue weighted by Crippen LogP contribution is -2.40. The van der Waals surface area contributed by atoms with Gasteiger partial charge in [-0.25, -0.2) is 4.79 Å². The maximum atomic E-state index is 12.2. The molecular weight excluding hydrogens is 292 g/mol. The molecule has 22 heavy (non-hydrogen) atoms. The van der Waals surface area contributed by atoms with Gasteiger partial charge in [-0.15, -0.1) is 0 Å². The van der Waals surface area contributed by atoms with Crippen molar-refractivity contribution >= 4 is 11.9 Å². The lowest BCUT2D eigenvalue weighted by molar-refractivity contribution is -0.222. The third kappa shape index (κ3) is 2.74. The van der Waals surface area contributed by atoms with Crippen LogP contribution in [0.4, 0.5) is 0 Å². The Labute approximate surface area is 125 Å². The normalized spacial score (nSPS) is 19.6. The molecule has 1 aliphatic heterocycles. The zero-order chi connectivity index (χ0) is 16.5. The first-order chi connectivity index (χ1) is 10.3. The van der Waals surface area contributed by atoms with Gasteiger partial charge in [0.1, 0.15) is 17.3 Å². The molecule has 0 bridgehead atoms. The summed E-state index contributed by atoms with van der Waals surface area (Å²) in [5.74, 6) is -6.57. The van der Waals surface area contributed by atoms with Gasteiger partial charge in [0, 0.05) is 13.8 Å². The molecule has 2 atom stereocenters. The van der Waals surface area contributed by atoms with E-state index in [1.165, 1.54) is 32.2 Å². The molecule has 8 nitrogen and oxygen atoms in total. The molecule has 1 aliphatic rings. The Hall–Kier alpha value is -2.95. The molecule has 0 fully saturated rings. The first kappa shape index (κ1) is 15.4. The summed E-state index contributed by atoms with van der Waals surface area (Å²) in [6, 6.07) is 4.66. The number of aliphatic hydroxyl groups excluding tert-OH is 1. The van der Waals surface area contributed by atoms with Crippen LogP contribution in [0.3, 0.4) is 0 Å². The van der Waals surface area contributed by atoms with E-state index >= 15 is 0 Å². The van der Waals surface area contributed by atoms with Gasteiger partial charge in [-0.1, -0.05) is 0 Å². The summed E-state index contributed by atoms with van der Waals surface area (Å²) in [5, 5.41) is 19.2. The number of primary amides is 1. The van der Waals surface area contributed by atoms with E-state index in [2.05, 4.69) is 0 Å². The third-order valence-electron chi connectivity index (χ3n) is 3.07. The van der Waals surface area contributed by atoms with Crippen molar-refractivity contribution in [3.63, 3.8) is 0 Å². The monoisotopic (exact) mass is 306 g/mol. The van der Waals surface area contributed by atoms with Crippen LogP contribution in [0.15, 0.2) is 34.3 Å². The topological polar surface area (TPSA) is 136 Å². The molecule has 0 radical (unpaired) electrons. The van der Waals surface area contributed by atoms with E-state index < -0.39 is 35.4 Å². The zero-order valence-electron chi connectivity index (χ0n) is 11.9. The van der Waals surface area contributed by atoms with Gasteiger partial charge in [0.15, 0.2) is 0 Å². The van der Waals surface area contributed by atoms with Crippen LogP contribution in [0.2, 0.25) is 0 Å². The number of ether oxygens (including phenoxy) is 2. The fraction of sp³-hybridized carbons (Fsp3) is 0.357. The summed E-state index contributed by atoms with van der Waals surface area (Å²) in [4.78, 5) is 23.7. The third-order valence-corrected chi connectivity index (χ3v) is 3.07. The van der Waals surface area contributed by atoms with Gasteiger partial charge in [-0.2, -0.15) is 5.26 Å². The highest BCUT2D eigenvalue weighted by Crippen LogP contribution is 2.38. The Bertz CT molecular complexity index is 668. The zero-order valence-corrected chi connectivity index (χ0v) is 11.9. The SMILES string of the molecule is CC1(C)OC(=O)C([C@H](c2ccco2)[C@@H](C#N)C(N)=O)=C(O)O1. The summed E-state index contributed by atoms with van der Waals surface area (Å²) in [6.07, 6.45) is 1.30. The number of hydrogen-bond donors (Lipinski definition) is 2. The standard InChI is InChI=1S/C14H14N2O6/c1-14(2)21-12(18)10(13(19)22-14)9(7(6-15)11(16)17)8-4-3-5-20-8/h3-5,7,9,18H,1-2H3,(H2,16,17)/t7-,9+/m1/s1. The van der Waals surface area contributed by atoms with Crippen LogP contribution in [0, 0.1) is 17.2 Å². The van der Waals surface area contributed by atoms with Crippen LogP contribution in [0.5, 0.6) is 0 Å². The van der Waals surface area contributed by atoms with Gasteiger partial charge in [0.05, 0.1) is 18.3 Å². The second kappa shape index (κ2) is 5.44. The van der Waals surface area contributed by atoms with Gasteiger partial charge in [-0.05, 0) is 12.1 Å². The Balaban J connectivity index is 2.58. The highest BCUT2D eigenvalue weighted by Gasteiger charge is 2.45. The van der Waals surface area contributed by atoms with E-state index in [1.54, 1.807) is 6.07 Å². The fourth-order valence-corrected chi connectivity index (χ4v) is 2.18. The lowest BCUT2D eigenvalue weighted by Gasteiger charge is -2.33. The average molecular weight is 306 g/mol. The quantitative estimate of drug-likeness (QED) is 0.794. The van der Waals surface area contributed by atoms with Crippen LogP contribution < -0.4 is 5.73 Å². The average Bonchev–Trinajstić information content (AvgIpc) is 2.88. The molecule has 0 aromatic carbocycles. The van der Waals surface area contributed by atoms with Crippen molar-refractivity contribution in [2.45, 2.75) is 25.6 Å². The van der Waals surface area contributed by atoms with Crippen molar-refractivity contribution < 1.29 is 28.6 Å². The largest absolute Gasteiger partial charge is 0.480 e. The molecule has 2 rings (SSSR count). The summed E-state index contributed by atoms with van der Waals surface area (Å²) >= 11 is 0. The van der Waals surface area contributed by atoms with Gasteiger partial charge in [-0.3, -0.25) is 4.79 Å². The number of rotatable bonds is 4. The maximum Gasteiger partial charge on any atom is 0.345 e. The van der Waals surface area contributed by atoms with E-state index in [-0.39, 0.29) is 11.3 Å². The number of carbonyl (C=O) groups excluding carboxylic acids is 2. The van der Waals surface area contributed by atoms with Gasteiger partial charge in [0.25, 0.3) is 11.7 Å². The van der Waals surface area contributed by atoms with Crippen LogP contribution >= 0.6 is 0 Å². The van der Waals surface area contributed by atoms with Crippen molar-refractivity contribution in [3.8, 4) is 6.07 Å². The molecule has 0 unspecified atom stereocenters. The number of furan rings is 1. The summed E-state index contributed by atoms with van der Waals surface area (Å²) in [5.41, 5.74) is 4.82. The Morgan fingerprint density at radius 3 is 2.59 bits per heavy atom. The number of nitrogens with zero attached hydrogens (tertiary/aromatic N) is 1. The number of aliphatic hydroxyl groups is 1. The van der Waals surface area contributed by atoms with E-state index in [4.69, 9.17) is 19.6 Å². The first-order valence-electron chi connectivity index (χ1n) is 6.34. The Morgan fingerprint density at radius 1 is 1.45 bits per heavy atom. The molecular formula is C14H14N2O6. The minimum Gasteiger partial charge on any atom is -0.480 e. The number of nitriles is 1. The van der Waals surface area contributed by atoms with Gasteiger partial charge < -0.3 is 24.7 Å². The molecule has 0 spiro atoms. The number of nitrogens with two attached hydrogens (primary N) is 1. The van der Waals surface area contributed by atoms with E-state index in [0.717, 1.165) is 0 Å². The van der Waals surface area contributed by atoms with Crippen molar-refractivity contribution in [1.82, 2.24) is 0 Å². The molecule has 2 heterocycles. The van der Waals surface area contributed by atoms with Crippen LogP contribution in [-0.4, -0.2) is 22.8 Å². The first-order valence-corrected chi connectivity index (χ1v) is 6.34. The van der Waals surface area contributed by atoms with E-state index in [0.29, 0.717) is 0 Å². The predicted octanol–water partition coefficient (Wildman–Crippen LogP) is 1.07. The number of amides is 1. The second-order valence-electron chi connectivity index (χ2n) is 5.11. The fourth-order valence-electron chi connectivity index (χ4n) is 2.18. The minimum atomic E-state index is -1.44. The Kier molecular flexibility index (Phi) is 3.82. The van der Waals surface area contributed by atoms with Crippen LogP contribution in [0.1, 0.15) is 25.5 Å². The van der Waals surface area contributed by atoms with Crippen LogP contribution in [-0.2, 0) is 19.1 Å². The summed E-state index contributed by atoms with van der Waals surface area (Å²) in [7, 11) is 0. The number of cyclic esters (lactones) is 1. The van der Waals surface area contributed by atoms with Gasteiger partial charge >= 0.3 is 5.97 Å². The molecule has 0 aliphatic carbocycles. The van der Waals surface area contributed by atoms with Crippen LogP contribution in [0.25, 0.3) is 0 Å². The molecule has 116 valence electrons. The smallest absolute Gasteiger partial charge is 0.345 e. The molecule has 1 amide bonds. The minimum absolute atomic E-state index is 0.104. The lowest BCUT2D eigenvalue weighted by atomic mass is 9.84. The second-order valence-corrected chi connectivity index (χ2v) is 5.11. The molecule has 1 aromatic rings. The summed E-state index contributed by atoms with van der Waals surface area (Å²) in [6.45, 7) is 2.85. The number of esters is 1. The molecule has 0 saturated carbocycles. The molecule has 0 saturated heterocycles. The van der Waals surface area contributed by atoms with Crippen molar-refractivity contribution in [2.24, 2.45) is 11.7 Å². The molecule has 1 aromatic heterocycles. The molecule has 3 N–H and O–H groups in total. The van der Waals surface area contributed by atoms with E-state index in [9.17, 15) is 20.0 Å². The predicted molar refractivity (Wildman–Crippen MR) is 70.7 cm³/mol. The van der Waals surface area contributed by atoms with Gasteiger partial charge in [0.2, 0.25) is 5.91 Å². The molecule has 8 heteroatoms. The Morgan fingerprint density at radius 2 is 2.14 bits per heavy atom. The maximum absolute atomic E-state index is 12.2. The van der Waals surface area contributed by atoms with Crippen molar-refractivity contribution in [2.75, 3.05) is 0 Å². The highest BCUT2D eigenvalue weighted by atomic mass is 16.8. The number of carbonyl (C=O) groups is 2. The number of hydrogen-bond acceptors (Lipinski definition) is 7. The highest BCUT2D eigenvalue weighted by molar-refractivity contribution is 5.93. The van der Waals surface area contributed by atoms with Crippen molar-refractivity contribution in [1.29, 1.82) is 5.26 Å². The van der Waals surface area contributed by atoms with E-state index in [1.807, 2.05) is 0 Å². The summed E-state index contributed by atoms with van der Waals surface area (Å²) < 4.78 is 15.3.